The summed E-state index contributed by atoms with van der Waals surface area (Å²) in [4.78, 5) is 17.4. The molecule has 0 unspecified atom stereocenters. The van der Waals surface area contributed by atoms with Gasteiger partial charge in [0.2, 0.25) is 5.91 Å². The minimum atomic E-state index is -0.0776. The predicted molar refractivity (Wildman–Crippen MR) is 106 cm³/mol. The fourth-order valence-corrected chi connectivity index (χ4v) is 3.96. The number of halogens is 2. The van der Waals surface area contributed by atoms with Crippen LogP contribution in [-0.2, 0) is 24.1 Å². The van der Waals surface area contributed by atoms with Crippen LogP contribution in [-0.4, -0.2) is 10.9 Å². The van der Waals surface area contributed by atoms with Gasteiger partial charge in [-0.3, -0.25) is 4.79 Å². The molecule has 0 spiro atoms. The number of carbonyl (C=O) groups excluding carboxylic acids is 1. The molecule has 4 nitrogen and oxygen atoms in total. The predicted octanol–water partition coefficient (Wildman–Crippen LogP) is 5.77. The van der Waals surface area contributed by atoms with E-state index in [9.17, 15) is 4.79 Å². The number of aromatic nitrogens is 1. The third kappa shape index (κ3) is 5.34. The van der Waals surface area contributed by atoms with Gasteiger partial charge in [0.25, 0.3) is 0 Å². The number of nitrogens with zero attached hydrogens (tertiary/aromatic N) is 1. The van der Waals surface area contributed by atoms with Gasteiger partial charge in [-0.2, -0.15) is 0 Å². The average molecular weight is 409 g/mol. The van der Waals surface area contributed by atoms with E-state index < -0.39 is 0 Å². The van der Waals surface area contributed by atoms with Crippen LogP contribution in [0.1, 0.15) is 35.3 Å². The maximum atomic E-state index is 12.1. The molecule has 0 aliphatic rings. The molecule has 0 aliphatic heterocycles. The highest BCUT2D eigenvalue weighted by Gasteiger charge is 2.10. The first-order valence-corrected chi connectivity index (χ1v) is 9.86. The van der Waals surface area contributed by atoms with E-state index in [-0.39, 0.29) is 5.91 Å². The van der Waals surface area contributed by atoms with Crippen molar-refractivity contribution in [1.82, 2.24) is 4.98 Å². The summed E-state index contributed by atoms with van der Waals surface area (Å²) in [5, 5.41) is 4.64. The summed E-state index contributed by atoms with van der Waals surface area (Å²) < 4.78 is 5.61. The maximum Gasteiger partial charge on any atom is 0.226 e. The van der Waals surface area contributed by atoms with Crippen molar-refractivity contribution in [1.29, 1.82) is 0 Å². The molecule has 3 aromatic rings. The van der Waals surface area contributed by atoms with Gasteiger partial charge in [-0.15, -0.1) is 11.3 Å². The van der Waals surface area contributed by atoms with Crippen molar-refractivity contribution >= 4 is 45.6 Å². The minimum Gasteiger partial charge on any atom is -0.466 e. The van der Waals surface area contributed by atoms with E-state index in [1.165, 1.54) is 11.3 Å². The lowest BCUT2D eigenvalue weighted by Crippen LogP contribution is -2.11. The van der Waals surface area contributed by atoms with Gasteiger partial charge in [0, 0.05) is 46.8 Å². The molecule has 0 aliphatic carbocycles. The summed E-state index contributed by atoms with van der Waals surface area (Å²) in [7, 11) is 0. The van der Waals surface area contributed by atoms with E-state index in [1.807, 2.05) is 31.2 Å². The van der Waals surface area contributed by atoms with E-state index in [0.29, 0.717) is 34.4 Å². The van der Waals surface area contributed by atoms with Crippen molar-refractivity contribution in [3.8, 4) is 0 Å². The van der Waals surface area contributed by atoms with Crippen molar-refractivity contribution in [2.24, 2.45) is 0 Å². The highest BCUT2D eigenvalue weighted by atomic mass is 35.5. The third-order valence-electron chi connectivity index (χ3n) is 3.76. The van der Waals surface area contributed by atoms with Gasteiger partial charge in [-0.05, 0) is 35.9 Å². The van der Waals surface area contributed by atoms with Gasteiger partial charge in [0.05, 0.1) is 0 Å². The highest BCUT2D eigenvalue weighted by molar-refractivity contribution is 7.15. The Hall–Kier alpha value is -1.82. The second kappa shape index (κ2) is 8.71. The molecule has 1 amide bonds. The molecule has 0 radical (unpaired) electrons. The molecular formula is C19H18Cl2N2O2S. The number of amides is 1. The molecule has 0 saturated heterocycles. The van der Waals surface area contributed by atoms with Crippen LogP contribution in [0.3, 0.4) is 0 Å². The standard InChI is InChI=1S/C19H18Cl2N2O2S/c1-2-15-3-4-16(25-15)5-6-18(24)23-19-22-11-17(26-19)9-12-7-13(20)10-14(21)8-12/h3-4,7-8,10-11H,2,5-6,9H2,1H3,(H,22,23,24). The average Bonchev–Trinajstić information content (AvgIpc) is 3.21. The quantitative estimate of drug-likeness (QED) is 0.539. The van der Waals surface area contributed by atoms with Crippen LogP contribution in [0, 0.1) is 0 Å². The van der Waals surface area contributed by atoms with Gasteiger partial charge in [0.1, 0.15) is 11.5 Å². The van der Waals surface area contributed by atoms with Crippen LogP contribution in [0.25, 0.3) is 0 Å². The third-order valence-corrected chi connectivity index (χ3v) is 5.11. The number of hydrogen-bond acceptors (Lipinski definition) is 4. The smallest absolute Gasteiger partial charge is 0.226 e. The summed E-state index contributed by atoms with van der Waals surface area (Å²) in [6, 6.07) is 9.32. The van der Waals surface area contributed by atoms with Crippen LogP contribution in [0.15, 0.2) is 40.9 Å². The molecule has 0 saturated carbocycles. The van der Waals surface area contributed by atoms with Gasteiger partial charge in [-0.1, -0.05) is 30.1 Å². The van der Waals surface area contributed by atoms with Gasteiger partial charge in [0.15, 0.2) is 5.13 Å². The molecule has 1 N–H and O–H groups in total. The number of thiazole rings is 1. The largest absolute Gasteiger partial charge is 0.466 e. The molecule has 136 valence electrons. The van der Waals surface area contributed by atoms with E-state index in [0.717, 1.165) is 28.4 Å². The zero-order chi connectivity index (χ0) is 18.5. The van der Waals surface area contributed by atoms with Crippen molar-refractivity contribution in [3.63, 3.8) is 0 Å². The van der Waals surface area contributed by atoms with Crippen molar-refractivity contribution in [2.75, 3.05) is 5.32 Å². The zero-order valence-corrected chi connectivity index (χ0v) is 16.5. The fourth-order valence-electron chi connectivity index (χ4n) is 2.53. The topological polar surface area (TPSA) is 55.1 Å². The normalized spacial score (nSPS) is 10.9. The van der Waals surface area contributed by atoms with E-state index >= 15 is 0 Å². The van der Waals surface area contributed by atoms with Crippen LogP contribution in [0.4, 0.5) is 5.13 Å². The molecular weight excluding hydrogens is 391 g/mol. The zero-order valence-electron chi connectivity index (χ0n) is 14.2. The Bertz CT molecular complexity index is 884. The van der Waals surface area contributed by atoms with Crippen LogP contribution in [0.2, 0.25) is 10.0 Å². The number of anilines is 1. The number of furan rings is 1. The molecule has 2 heterocycles. The summed E-state index contributed by atoms with van der Waals surface area (Å²) in [5.41, 5.74) is 1.01. The number of nitrogens with one attached hydrogen (secondary N) is 1. The van der Waals surface area contributed by atoms with Crippen LogP contribution >= 0.6 is 34.5 Å². The Morgan fingerprint density at radius 2 is 1.92 bits per heavy atom. The summed E-state index contributed by atoms with van der Waals surface area (Å²) >= 11 is 13.5. The Kier molecular flexibility index (Phi) is 6.35. The van der Waals surface area contributed by atoms with Gasteiger partial charge >= 0.3 is 0 Å². The second-order valence-corrected chi connectivity index (χ2v) is 7.84. The van der Waals surface area contributed by atoms with E-state index in [4.69, 9.17) is 27.6 Å². The molecule has 0 atom stereocenters. The molecule has 0 bridgehead atoms. The Labute approximate surface area is 166 Å². The second-order valence-electron chi connectivity index (χ2n) is 5.86. The summed E-state index contributed by atoms with van der Waals surface area (Å²) in [6.07, 6.45) is 4.21. The minimum absolute atomic E-state index is 0.0776. The number of carbonyl (C=O) groups is 1. The van der Waals surface area contributed by atoms with Crippen molar-refractivity contribution in [3.05, 3.63) is 68.5 Å². The lowest BCUT2D eigenvalue weighted by molar-refractivity contribution is -0.116. The first-order valence-electron chi connectivity index (χ1n) is 8.29. The van der Waals surface area contributed by atoms with Crippen molar-refractivity contribution in [2.45, 2.75) is 32.6 Å². The first-order chi connectivity index (χ1) is 12.5. The van der Waals surface area contributed by atoms with Gasteiger partial charge < -0.3 is 9.73 Å². The van der Waals surface area contributed by atoms with Crippen LogP contribution < -0.4 is 5.32 Å². The SMILES string of the molecule is CCc1ccc(CCC(=O)Nc2ncc(Cc3cc(Cl)cc(Cl)c3)s2)o1. The molecule has 2 aromatic heterocycles. The fraction of sp³-hybridized carbons (Fsp3) is 0.263. The maximum absolute atomic E-state index is 12.1. The Morgan fingerprint density at radius 1 is 1.19 bits per heavy atom. The number of benzene rings is 1. The monoisotopic (exact) mass is 408 g/mol. The lowest BCUT2D eigenvalue weighted by atomic mass is 10.1. The van der Waals surface area contributed by atoms with Crippen molar-refractivity contribution < 1.29 is 9.21 Å². The summed E-state index contributed by atoms with van der Waals surface area (Å²) in [6.45, 7) is 2.03. The highest BCUT2D eigenvalue weighted by Crippen LogP contribution is 2.25. The molecule has 1 aromatic carbocycles. The number of rotatable bonds is 7. The Balaban J connectivity index is 1.53. The molecule has 0 fully saturated rings. The number of hydrogen-bond donors (Lipinski definition) is 1. The number of aryl methyl sites for hydroxylation is 2. The van der Waals surface area contributed by atoms with Crippen LogP contribution in [0.5, 0.6) is 0 Å². The van der Waals surface area contributed by atoms with Gasteiger partial charge in [-0.25, -0.2) is 4.98 Å². The summed E-state index contributed by atoms with van der Waals surface area (Å²) in [5.74, 6) is 1.69. The molecule has 26 heavy (non-hydrogen) atoms. The van der Waals surface area contributed by atoms with E-state index in [1.54, 1.807) is 12.3 Å². The Morgan fingerprint density at radius 3 is 2.62 bits per heavy atom. The molecule has 7 heteroatoms. The first kappa shape index (κ1) is 19.0. The molecule has 3 rings (SSSR count). The lowest BCUT2D eigenvalue weighted by Gasteiger charge is -2.01. The van der Waals surface area contributed by atoms with E-state index in [2.05, 4.69) is 10.3 Å².